The second kappa shape index (κ2) is 7.23. The fraction of sp³-hybridized carbons (Fsp3) is 0.400. The van der Waals surface area contributed by atoms with E-state index in [1.165, 1.54) is 65.1 Å². The average molecular weight is 344 g/mol. The van der Waals surface area contributed by atoms with Gasteiger partial charge in [-0.2, -0.15) is 0 Å². The lowest BCUT2D eigenvalue weighted by Crippen LogP contribution is -2.13. The molecule has 0 saturated heterocycles. The van der Waals surface area contributed by atoms with Gasteiger partial charge in [-0.3, -0.25) is 4.98 Å². The Bertz CT molecular complexity index is 898. The van der Waals surface area contributed by atoms with Gasteiger partial charge >= 0.3 is 0 Å². The third kappa shape index (κ3) is 3.40. The molecule has 1 aliphatic carbocycles. The maximum absolute atomic E-state index is 4.72. The Hall–Kier alpha value is -2.15. The zero-order valence-electron chi connectivity index (χ0n) is 16.3. The first-order valence-electron chi connectivity index (χ1n) is 10.1. The van der Waals surface area contributed by atoms with Crippen LogP contribution >= 0.6 is 0 Å². The number of benzene rings is 2. The van der Waals surface area contributed by atoms with Gasteiger partial charge in [-0.15, -0.1) is 0 Å². The van der Waals surface area contributed by atoms with Gasteiger partial charge in [0.15, 0.2) is 0 Å². The van der Waals surface area contributed by atoms with Gasteiger partial charge in [0.05, 0.1) is 5.69 Å². The van der Waals surface area contributed by atoms with Gasteiger partial charge in [0, 0.05) is 17.1 Å². The van der Waals surface area contributed by atoms with Gasteiger partial charge in [-0.05, 0) is 67.7 Å². The lowest BCUT2D eigenvalue weighted by Gasteiger charge is -2.28. The van der Waals surface area contributed by atoms with E-state index in [4.69, 9.17) is 4.98 Å². The van der Waals surface area contributed by atoms with Crippen LogP contribution < -0.4 is 0 Å². The van der Waals surface area contributed by atoms with Crippen LogP contribution in [0.5, 0.6) is 0 Å². The Kier molecular flexibility index (Phi) is 4.80. The van der Waals surface area contributed by atoms with Crippen LogP contribution in [0.4, 0.5) is 0 Å². The molecule has 1 nitrogen and oxygen atoms in total. The fourth-order valence-corrected chi connectivity index (χ4v) is 4.73. The molecule has 1 saturated carbocycles. The molecule has 0 amide bonds. The van der Waals surface area contributed by atoms with Crippen molar-refractivity contribution in [3.8, 4) is 11.3 Å². The normalized spacial score (nSPS) is 16.7. The minimum atomic E-state index is 0.650. The van der Waals surface area contributed by atoms with E-state index in [9.17, 15) is 0 Å². The molecule has 1 heteroatoms. The highest BCUT2D eigenvalue weighted by Gasteiger charge is 2.21. The zero-order chi connectivity index (χ0) is 18.1. The van der Waals surface area contributed by atoms with Crippen molar-refractivity contribution in [3.05, 3.63) is 65.4 Å². The number of pyridine rings is 1. The van der Waals surface area contributed by atoms with Crippen molar-refractivity contribution in [3.63, 3.8) is 0 Å². The smallest absolute Gasteiger partial charge is 0.0780 e. The first kappa shape index (κ1) is 17.3. The minimum absolute atomic E-state index is 0.650. The number of aryl methyl sites for hydroxylation is 2. The number of aromatic nitrogens is 1. The van der Waals surface area contributed by atoms with E-state index in [-0.39, 0.29) is 0 Å². The number of fused-ring (bicyclic) bond motifs is 1. The van der Waals surface area contributed by atoms with E-state index in [1.807, 2.05) is 6.20 Å². The highest BCUT2D eigenvalue weighted by molar-refractivity contribution is 5.95. The van der Waals surface area contributed by atoms with Crippen LogP contribution in [0.2, 0.25) is 0 Å². The molecule has 2 aromatic carbocycles. The van der Waals surface area contributed by atoms with E-state index in [1.54, 1.807) is 0 Å². The molecule has 3 aromatic rings. The second-order valence-electron chi connectivity index (χ2n) is 8.20. The summed E-state index contributed by atoms with van der Waals surface area (Å²) in [6, 6.07) is 15.9. The second-order valence-corrected chi connectivity index (χ2v) is 8.20. The van der Waals surface area contributed by atoms with Crippen LogP contribution in [0.3, 0.4) is 0 Å². The Balaban J connectivity index is 1.74. The standard InChI is InChI=1S/C25H29N/c1-17-13-18(2)15-23(14-17)25-24-10-9-21(16-22(24)11-12-26-25)19(3)20-7-5-4-6-8-20/h9-16,19-20H,4-8H2,1-3H3. The van der Waals surface area contributed by atoms with Crippen molar-refractivity contribution in [2.24, 2.45) is 5.92 Å². The van der Waals surface area contributed by atoms with Crippen molar-refractivity contribution < 1.29 is 0 Å². The lowest BCUT2D eigenvalue weighted by molar-refractivity contribution is 0.316. The molecule has 0 radical (unpaired) electrons. The molecule has 1 aliphatic rings. The Labute approximate surface area is 157 Å². The molecule has 1 unspecified atom stereocenters. The summed E-state index contributed by atoms with van der Waals surface area (Å²) in [7, 11) is 0. The summed E-state index contributed by atoms with van der Waals surface area (Å²) in [5.41, 5.74) is 6.40. The van der Waals surface area contributed by atoms with Crippen LogP contribution in [0.25, 0.3) is 22.0 Å². The van der Waals surface area contributed by atoms with Crippen LogP contribution in [0.15, 0.2) is 48.7 Å². The van der Waals surface area contributed by atoms with Crippen molar-refractivity contribution in [2.75, 3.05) is 0 Å². The third-order valence-electron chi connectivity index (χ3n) is 6.17. The molecule has 1 aromatic heterocycles. The first-order chi connectivity index (χ1) is 12.6. The van der Waals surface area contributed by atoms with E-state index >= 15 is 0 Å². The number of hydrogen-bond acceptors (Lipinski definition) is 1. The van der Waals surface area contributed by atoms with Crippen LogP contribution in [-0.2, 0) is 0 Å². The first-order valence-corrected chi connectivity index (χ1v) is 10.1. The minimum Gasteiger partial charge on any atom is -0.256 e. The monoisotopic (exact) mass is 343 g/mol. The average Bonchev–Trinajstić information content (AvgIpc) is 2.66. The topological polar surface area (TPSA) is 12.9 Å². The molecule has 134 valence electrons. The molecular formula is C25H29N. The zero-order valence-corrected chi connectivity index (χ0v) is 16.3. The van der Waals surface area contributed by atoms with Crippen molar-refractivity contribution in [2.45, 2.75) is 58.8 Å². The molecule has 4 rings (SSSR count). The SMILES string of the molecule is Cc1cc(C)cc(-c2nccc3cc(C(C)C4CCCCC4)ccc23)c1. The van der Waals surface area contributed by atoms with Gasteiger partial charge in [0.25, 0.3) is 0 Å². The van der Waals surface area contributed by atoms with Gasteiger partial charge < -0.3 is 0 Å². The Morgan fingerprint density at radius 1 is 0.885 bits per heavy atom. The molecule has 1 fully saturated rings. The van der Waals surface area contributed by atoms with Crippen molar-refractivity contribution in [1.82, 2.24) is 4.98 Å². The van der Waals surface area contributed by atoms with Crippen LogP contribution in [0, 0.1) is 19.8 Å². The van der Waals surface area contributed by atoms with Gasteiger partial charge in [-0.25, -0.2) is 0 Å². The van der Waals surface area contributed by atoms with Gasteiger partial charge in [0.1, 0.15) is 0 Å². The largest absolute Gasteiger partial charge is 0.256 e. The highest BCUT2D eigenvalue weighted by Crippen LogP contribution is 2.37. The Morgan fingerprint density at radius 3 is 2.35 bits per heavy atom. The fourth-order valence-electron chi connectivity index (χ4n) is 4.73. The quantitative estimate of drug-likeness (QED) is 0.490. The molecule has 26 heavy (non-hydrogen) atoms. The molecule has 0 bridgehead atoms. The predicted molar refractivity (Wildman–Crippen MR) is 112 cm³/mol. The summed E-state index contributed by atoms with van der Waals surface area (Å²) in [6.45, 7) is 6.74. The highest BCUT2D eigenvalue weighted by atomic mass is 14.7. The van der Waals surface area contributed by atoms with E-state index in [2.05, 4.69) is 63.2 Å². The maximum Gasteiger partial charge on any atom is 0.0780 e. The Morgan fingerprint density at radius 2 is 1.62 bits per heavy atom. The summed E-state index contributed by atoms with van der Waals surface area (Å²) in [5.74, 6) is 1.50. The predicted octanol–water partition coefficient (Wildman–Crippen LogP) is 7.20. The van der Waals surface area contributed by atoms with E-state index < -0.39 is 0 Å². The maximum atomic E-state index is 4.72. The summed E-state index contributed by atoms with van der Waals surface area (Å²) in [5, 5.41) is 2.58. The summed E-state index contributed by atoms with van der Waals surface area (Å²) >= 11 is 0. The van der Waals surface area contributed by atoms with Gasteiger partial charge in [-0.1, -0.05) is 61.6 Å². The summed E-state index contributed by atoms with van der Waals surface area (Å²) < 4.78 is 0. The third-order valence-corrected chi connectivity index (χ3v) is 6.17. The molecule has 0 aliphatic heterocycles. The summed E-state index contributed by atoms with van der Waals surface area (Å²) in [4.78, 5) is 4.72. The molecule has 0 spiro atoms. The molecule has 1 heterocycles. The lowest BCUT2D eigenvalue weighted by atomic mass is 9.77. The van der Waals surface area contributed by atoms with Crippen LogP contribution in [-0.4, -0.2) is 4.98 Å². The van der Waals surface area contributed by atoms with Crippen molar-refractivity contribution >= 4 is 10.8 Å². The number of nitrogens with zero attached hydrogens (tertiary/aromatic N) is 1. The van der Waals surface area contributed by atoms with Crippen LogP contribution in [0.1, 0.15) is 61.6 Å². The van der Waals surface area contributed by atoms with Crippen molar-refractivity contribution in [1.29, 1.82) is 0 Å². The molecular weight excluding hydrogens is 314 g/mol. The summed E-state index contributed by atoms with van der Waals surface area (Å²) in [6.07, 6.45) is 8.98. The van der Waals surface area contributed by atoms with Gasteiger partial charge in [0.2, 0.25) is 0 Å². The molecule has 0 N–H and O–H groups in total. The number of hydrogen-bond donors (Lipinski definition) is 0. The molecule has 1 atom stereocenters. The van der Waals surface area contributed by atoms with E-state index in [0.29, 0.717) is 5.92 Å². The van der Waals surface area contributed by atoms with E-state index in [0.717, 1.165) is 11.6 Å². The number of rotatable bonds is 3.